The maximum atomic E-state index is 11.4. The first-order chi connectivity index (χ1) is 7.16. The first kappa shape index (κ1) is 10.2. The Kier molecular flexibility index (Phi) is 2.73. The lowest BCUT2D eigenvalue weighted by Crippen LogP contribution is -2.14. The van der Waals surface area contributed by atoms with Crippen LogP contribution in [0.5, 0.6) is 0 Å². The first-order valence-electron chi connectivity index (χ1n) is 4.71. The minimum atomic E-state index is 0.0188. The number of pyridine rings is 1. The molecule has 0 aromatic carbocycles. The zero-order chi connectivity index (χ0) is 10.8. The van der Waals surface area contributed by atoms with Gasteiger partial charge in [0.25, 0.3) is 0 Å². The standard InChI is InChI=1S/C10H11N3OS/c11-9(15)7-3-4-12-8(5-7)13-10(14)6-1-2-6/h3-6H,1-2H2,(H2,11,15)(H,12,13,14). The van der Waals surface area contributed by atoms with Crippen LogP contribution in [0.1, 0.15) is 18.4 Å². The zero-order valence-corrected chi connectivity index (χ0v) is 8.92. The van der Waals surface area contributed by atoms with Crippen molar-refractivity contribution in [3.63, 3.8) is 0 Å². The molecule has 1 amide bonds. The van der Waals surface area contributed by atoms with Crippen molar-refractivity contribution < 1.29 is 4.79 Å². The monoisotopic (exact) mass is 221 g/mol. The summed E-state index contributed by atoms with van der Waals surface area (Å²) in [6, 6.07) is 3.33. The second-order valence-corrected chi connectivity index (χ2v) is 3.99. The summed E-state index contributed by atoms with van der Waals surface area (Å²) in [6.07, 6.45) is 3.49. The van der Waals surface area contributed by atoms with Crippen molar-refractivity contribution in [2.45, 2.75) is 12.8 Å². The lowest BCUT2D eigenvalue weighted by atomic mass is 10.3. The molecular formula is C10H11N3OS. The third-order valence-electron chi connectivity index (χ3n) is 2.23. The number of anilines is 1. The first-order valence-corrected chi connectivity index (χ1v) is 5.16. The third-order valence-corrected chi connectivity index (χ3v) is 2.49. The maximum Gasteiger partial charge on any atom is 0.228 e. The number of thiol groups is 1. The van der Waals surface area contributed by atoms with Gasteiger partial charge in [-0.05, 0) is 25.0 Å². The summed E-state index contributed by atoms with van der Waals surface area (Å²) in [6.45, 7) is 0. The minimum Gasteiger partial charge on any atom is -0.310 e. The summed E-state index contributed by atoms with van der Waals surface area (Å²) in [5.41, 5.74) is 0.652. The van der Waals surface area contributed by atoms with E-state index in [0.717, 1.165) is 12.8 Å². The lowest BCUT2D eigenvalue weighted by Gasteiger charge is -2.04. The molecule has 0 saturated heterocycles. The molecule has 0 atom stereocenters. The van der Waals surface area contributed by atoms with E-state index in [9.17, 15) is 4.79 Å². The summed E-state index contributed by atoms with van der Waals surface area (Å²) < 4.78 is 0. The van der Waals surface area contributed by atoms with Gasteiger partial charge >= 0.3 is 0 Å². The number of carbonyl (C=O) groups excluding carboxylic acids is 1. The molecule has 15 heavy (non-hydrogen) atoms. The van der Waals surface area contributed by atoms with Crippen molar-refractivity contribution in [2.75, 3.05) is 5.32 Å². The Morgan fingerprint density at radius 1 is 1.60 bits per heavy atom. The number of nitrogens with one attached hydrogen (secondary N) is 2. The van der Waals surface area contributed by atoms with Crippen molar-refractivity contribution >= 4 is 29.4 Å². The average Bonchev–Trinajstić information content (AvgIpc) is 3.01. The van der Waals surface area contributed by atoms with E-state index in [1.165, 1.54) is 0 Å². The molecule has 1 aliphatic carbocycles. The van der Waals surface area contributed by atoms with Crippen molar-refractivity contribution in [3.05, 3.63) is 23.9 Å². The van der Waals surface area contributed by atoms with Crippen LogP contribution in [0.2, 0.25) is 0 Å². The molecular weight excluding hydrogens is 210 g/mol. The number of aromatic nitrogens is 1. The Balaban J connectivity index is 2.10. The normalized spacial score (nSPS) is 14.7. The fourth-order valence-electron chi connectivity index (χ4n) is 1.22. The topological polar surface area (TPSA) is 65.8 Å². The number of carbonyl (C=O) groups is 1. The van der Waals surface area contributed by atoms with Crippen LogP contribution in [-0.2, 0) is 4.79 Å². The van der Waals surface area contributed by atoms with Crippen LogP contribution < -0.4 is 5.32 Å². The average molecular weight is 221 g/mol. The summed E-state index contributed by atoms with van der Waals surface area (Å²) in [5.74, 6) is 0.666. The van der Waals surface area contributed by atoms with E-state index in [4.69, 9.17) is 5.41 Å². The Bertz CT molecular complexity index is 415. The van der Waals surface area contributed by atoms with Crippen LogP contribution >= 0.6 is 12.6 Å². The highest BCUT2D eigenvalue weighted by Gasteiger charge is 2.29. The van der Waals surface area contributed by atoms with Crippen LogP contribution in [0.3, 0.4) is 0 Å². The van der Waals surface area contributed by atoms with E-state index < -0.39 is 0 Å². The number of rotatable bonds is 3. The van der Waals surface area contributed by atoms with Gasteiger partial charge in [-0.2, -0.15) is 0 Å². The Hall–Kier alpha value is -1.36. The van der Waals surface area contributed by atoms with Crippen molar-refractivity contribution in [1.29, 1.82) is 5.41 Å². The van der Waals surface area contributed by atoms with Gasteiger partial charge in [0.1, 0.15) is 5.82 Å². The molecule has 2 rings (SSSR count). The molecule has 1 saturated carbocycles. The molecule has 1 fully saturated rings. The summed E-state index contributed by atoms with van der Waals surface area (Å²) >= 11 is 3.92. The molecule has 0 bridgehead atoms. The molecule has 4 nitrogen and oxygen atoms in total. The fourth-order valence-corrected chi connectivity index (χ4v) is 1.36. The molecule has 1 aromatic heterocycles. The highest BCUT2D eigenvalue weighted by molar-refractivity contribution is 7.97. The molecule has 0 spiro atoms. The van der Waals surface area contributed by atoms with E-state index >= 15 is 0 Å². The van der Waals surface area contributed by atoms with Crippen LogP contribution in [0.4, 0.5) is 5.82 Å². The summed E-state index contributed by atoms with van der Waals surface area (Å²) in [7, 11) is 0. The molecule has 2 N–H and O–H groups in total. The van der Waals surface area contributed by atoms with Crippen molar-refractivity contribution in [2.24, 2.45) is 5.92 Å². The van der Waals surface area contributed by atoms with Gasteiger partial charge < -0.3 is 5.32 Å². The maximum absolute atomic E-state index is 11.4. The summed E-state index contributed by atoms with van der Waals surface area (Å²) in [5, 5.41) is 10.2. The van der Waals surface area contributed by atoms with Gasteiger partial charge in [0.05, 0.1) is 5.04 Å². The molecule has 1 heterocycles. The van der Waals surface area contributed by atoms with Gasteiger partial charge in [0.2, 0.25) is 5.91 Å². The molecule has 1 aliphatic rings. The Morgan fingerprint density at radius 2 is 2.33 bits per heavy atom. The largest absolute Gasteiger partial charge is 0.310 e. The van der Waals surface area contributed by atoms with Gasteiger partial charge in [-0.3, -0.25) is 10.2 Å². The number of hydrogen-bond donors (Lipinski definition) is 3. The van der Waals surface area contributed by atoms with E-state index in [-0.39, 0.29) is 16.9 Å². The third kappa shape index (κ3) is 2.56. The second-order valence-electron chi connectivity index (χ2n) is 3.54. The minimum absolute atomic E-state index is 0.0188. The number of amides is 1. The van der Waals surface area contributed by atoms with Crippen molar-refractivity contribution in [3.8, 4) is 0 Å². The highest BCUT2D eigenvalue weighted by atomic mass is 32.1. The number of hydrogen-bond acceptors (Lipinski definition) is 3. The SMILES string of the molecule is N=C(S)c1ccnc(NC(=O)C2CC2)c1. The van der Waals surface area contributed by atoms with Crippen molar-refractivity contribution in [1.82, 2.24) is 4.98 Å². The molecule has 78 valence electrons. The molecule has 1 aromatic rings. The van der Waals surface area contributed by atoms with Gasteiger partial charge in [-0.1, -0.05) is 0 Å². The van der Waals surface area contributed by atoms with Crippen LogP contribution in [0.15, 0.2) is 18.3 Å². The van der Waals surface area contributed by atoms with E-state index in [1.54, 1.807) is 18.3 Å². The van der Waals surface area contributed by atoms with E-state index in [1.807, 2.05) is 0 Å². The smallest absolute Gasteiger partial charge is 0.228 e. The Labute approximate surface area is 93.0 Å². The van der Waals surface area contributed by atoms with Crippen LogP contribution in [-0.4, -0.2) is 15.9 Å². The van der Waals surface area contributed by atoms with E-state index in [2.05, 4.69) is 22.9 Å². The van der Waals surface area contributed by atoms with Gasteiger partial charge in [0.15, 0.2) is 0 Å². The summed E-state index contributed by atoms with van der Waals surface area (Å²) in [4.78, 5) is 15.4. The molecule has 0 radical (unpaired) electrons. The molecule has 5 heteroatoms. The molecule has 0 unspecified atom stereocenters. The fraction of sp³-hybridized carbons (Fsp3) is 0.300. The number of nitrogens with zero attached hydrogens (tertiary/aromatic N) is 1. The van der Waals surface area contributed by atoms with Crippen LogP contribution in [0, 0.1) is 11.3 Å². The van der Waals surface area contributed by atoms with Gasteiger partial charge in [-0.25, -0.2) is 4.98 Å². The van der Waals surface area contributed by atoms with Gasteiger partial charge in [0, 0.05) is 17.7 Å². The second kappa shape index (κ2) is 4.02. The van der Waals surface area contributed by atoms with E-state index in [0.29, 0.717) is 11.4 Å². The highest BCUT2D eigenvalue weighted by Crippen LogP contribution is 2.29. The predicted octanol–water partition coefficient (Wildman–Crippen LogP) is 1.69. The Morgan fingerprint density at radius 3 is 2.93 bits per heavy atom. The lowest BCUT2D eigenvalue weighted by molar-refractivity contribution is -0.117. The van der Waals surface area contributed by atoms with Crippen LogP contribution in [0.25, 0.3) is 0 Å². The quantitative estimate of drug-likeness (QED) is 0.413. The van der Waals surface area contributed by atoms with Gasteiger partial charge in [-0.15, -0.1) is 12.6 Å². The predicted molar refractivity (Wildman–Crippen MR) is 61.4 cm³/mol. The molecule has 0 aliphatic heterocycles. The zero-order valence-electron chi connectivity index (χ0n) is 8.03.